The molecule has 0 aliphatic heterocycles. The highest BCUT2D eigenvalue weighted by Gasteiger charge is 1.90. The highest BCUT2D eigenvalue weighted by Crippen LogP contribution is 1.88. The van der Waals surface area contributed by atoms with E-state index in [4.69, 9.17) is 5.53 Å². The molecule has 0 saturated heterocycles. The van der Waals surface area contributed by atoms with Gasteiger partial charge in [-0.3, -0.25) is 4.99 Å². The van der Waals surface area contributed by atoms with Crippen LogP contribution in [0.25, 0.3) is 10.4 Å². The zero-order chi connectivity index (χ0) is 10.6. The predicted molar refractivity (Wildman–Crippen MR) is 66.9 cm³/mol. The Morgan fingerprint density at radius 3 is 2.86 bits per heavy atom. The smallest absolute Gasteiger partial charge is 0.159 e. The lowest BCUT2D eigenvalue weighted by molar-refractivity contribution is 0.732. The highest BCUT2D eigenvalue weighted by atomic mass is 127. The second-order valence-corrected chi connectivity index (χ2v) is 3.53. The van der Waals surface area contributed by atoms with Gasteiger partial charge in [-0.25, -0.2) is 0 Å². The fraction of sp³-hybridized carbons (Fsp3) is 0.857. The Morgan fingerprint density at radius 2 is 2.21 bits per heavy atom. The molecule has 0 amide bonds. The Labute approximate surface area is 97.3 Å². The van der Waals surface area contributed by atoms with Gasteiger partial charge < -0.3 is 10.6 Å². The number of halogens is 1. The standard InChI is InChI=1S/C7H15IN6/c1-10-3-2-4-11-7(8)12-5-6-13-14-9/h10H,2-6H2,1H3,(H,11,12). The summed E-state index contributed by atoms with van der Waals surface area (Å²) in [6, 6.07) is 0. The second kappa shape index (κ2) is 10.6. The van der Waals surface area contributed by atoms with E-state index in [0.717, 1.165) is 23.4 Å². The van der Waals surface area contributed by atoms with E-state index in [1.165, 1.54) is 0 Å². The molecule has 0 aromatic rings. The molecule has 2 N–H and O–H groups in total. The third kappa shape index (κ3) is 9.56. The fourth-order valence-electron chi connectivity index (χ4n) is 0.743. The van der Waals surface area contributed by atoms with Gasteiger partial charge in [-0.2, -0.15) is 0 Å². The molecule has 14 heavy (non-hydrogen) atoms. The van der Waals surface area contributed by atoms with Crippen LogP contribution < -0.4 is 10.6 Å². The molecule has 6 nitrogen and oxygen atoms in total. The lowest BCUT2D eigenvalue weighted by Crippen LogP contribution is -2.21. The summed E-state index contributed by atoms with van der Waals surface area (Å²) >= 11 is 2.13. The molecule has 80 valence electrons. The molecule has 0 atom stereocenters. The number of amidine groups is 1. The van der Waals surface area contributed by atoms with Gasteiger partial charge in [-0.05, 0) is 48.1 Å². The molecule has 0 spiro atoms. The Kier molecular flexibility index (Phi) is 10.2. The third-order valence-electron chi connectivity index (χ3n) is 1.38. The van der Waals surface area contributed by atoms with Gasteiger partial charge >= 0.3 is 0 Å². The van der Waals surface area contributed by atoms with E-state index in [9.17, 15) is 0 Å². The maximum absolute atomic E-state index is 8.02. The molecular formula is C7H15IN6. The molecule has 0 heterocycles. The lowest BCUT2D eigenvalue weighted by Gasteiger charge is -2.01. The van der Waals surface area contributed by atoms with Crippen LogP contribution >= 0.6 is 22.6 Å². The highest BCUT2D eigenvalue weighted by molar-refractivity contribution is 14.1. The number of hydrogen-bond acceptors (Lipinski definition) is 3. The predicted octanol–water partition coefficient (Wildman–Crippen LogP) is 1.29. The van der Waals surface area contributed by atoms with Crippen LogP contribution in [0.2, 0.25) is 0 Å². The molecule has 0 bridgehead atoms. The molecule has 0 radical (unpaired) electrons. The fourth-order valence-corrected chi connectivity index (χ4v) is 1.25. The average Bonchev–Trinajstić information content (AvgIpc) is 2.19. The topological polar surface area (TPSA) is 85.2 Å². The van der Waals surface area contributed by atoms with E-state index in [1.54, 1.807) is 0 Å². The quantitative estimate of drug-likeness (QED) is 0.108. The molecule has 0 aliphatic rings. The first-order valence-electron chi connectivity index (χ1n) is 4.40. The van der Waals surface area contributed by atoms with Crippen molar-refractivity contribution in [1.82, 2.24) is 10.6 Å². The summed E-state index contributed by atoms with van der Waals surface area (Å²) in [6.07, 6.45) is 1.03. The largest absolute Gasteiger partial charge is 0.365 e. The van der Waals surface area contributed by atoms with Crippen LogP contribution in [-0.2, 0) is 0 Å². The Bertz CT molecular complexity index is 210. The zero-order valence-corrected chi connectivity index (χ0v) is 10.4. The normalized spacial score (nSPS) is 10.9. The summed E-state index contributed by atoms with van der Waals surface area (Å²) in [5, 5.41) is 9.50. The molecule has 0 unspecified atom stereocenters. The zero-order valence-electron chi connectivity index (χ0n) is 8.20. The van der Waals surface area contributed by atoms with Crippen LogP contribution in [0.15, 0.2) is 10.1 Å². The van der Waals surface area contributed by atoms with Crippen molar-refractivity contribution < 1.29 is 0 Å². The van der Waals surface area contributed by atoms with Crippen LogP contribution in [0, 0.1) is 0 Å². The second-order valence-electron chi connectivity index (χ2n) is 2.51. The number of aliphatic imine (C=N–C) groups is 1. The van der Waals surface area contributed by atoms with Gasteiger partial charge in [0.15, 0.2) is 3.84 Å². The maximum atomic E-state index is 8.02. The minimum atomic E-state index is 0.453. The van der Waals surface area contributed by atoms with Gasteiger partial charge in [0, 0.05) is 24.5 Å². The first-order chi connectivity index (χ1) is 6.81. The van der Waals surface area contributed by atoms with E-state index < -0.39 is 0 Å². The molecule has 0 aliphatic carbocycles. The van der Waals surface area contributed by atoms with E-state index in [2.05, 4.69) is 48.2 Å². The van der Waals surface area contributed by atoms with Crippen molar-refractivity contribution in [3.8, 4) is 0 Å². The van der Waals surface area contributed by atoms with Crippen molar-refractivity contribution in [2.24, 2.45) is 10.1 Å². The minimum absolute atomic E-state index is 0.453. The van der Waals surface area contributed by atoms with Crippen LogP contribution in [0.4, 0.5) is 0 Å². The number of nitrogens with one attached hydrogen (secondary N) is 2. The van der Waals surface area contributed by atoms with Crippen LogP contribution in [0.5, 0.6) is 0 Å². The van der Waals surface area contributed by atoms with Gasteiger partial charge in [0.25, 0.3) is 0 Å². The van der Waals surface area contributed by atoms with Crippen LogP contribution in [0.1, 0.15) is 6.42 Å². The molecule has 0 rings (SSSR count). The number of azide groups is 1. The third-order valence-corrected chi connectivity index (χ3v) is 2.10. The first-order valence-corrected chi connectivity index (χ1v) is 5.48. The number of hydrogen-bond donors (Lipinski definition) is 2. The van der Waals surface area contributed by atoms with E-state index in [0.29, 0.717) is 13.1 Å². The maximum Gasteiger partial charge on any atom is 0.159 e. The van der Waals surface area contributed by atoms with Crippen LogP contribution in [-0.4, -0.2) is 37.1 Å². The van der Waals surface area contributed by atoms with Crippen molar-refractivity contribution >= 4 is 26.4 Å². The van der Waals surface area contributed by atoms with Gasteiger partial charge in [0.2, 0.25) is 0 Å². The Hall–Kier alpha value is -0.530. The van der Waals surface area contributed by atoms with Crippen molar-refractivity contribution in [2.45, 2.75) is 6.42 Å². The Balaban J connectivity index is 3.41. The van der Waals surface area contributed by atoms with E-state index in [-0.39, 0.29) is 0 Å². The summed E-state index contributed by atoms with van der Waals surface area (Å²) < 4.78 is 0.867. The van der Waals surface area contributed by atoms with Gasteiger partial charge in [-0.1, -0.05) is 5.11 Å². The first kappa shape index (κ1) is 13.5. The summed E-state index contributed by atoms with van der Waals surface area (Å²) in [5.74, 6) is 0. The lowest BCUT2D eigenvalue weighted by atomic mass is 10.4. The Morgan fingerprint density at radius 1 is 1.43 bits per heavy atom. The monoisotopic (exact) mass is 310 g/mol. The van der Waals surface area contributed by atoms with Crippen LogP contribution in [0.3, 0.4) is 0 Å². The van der Waals surface area contributed by atoms with Crippen molar-refractivity contribution in [3.05, 3.63) is 10.4 Å². The number of nitrogens with zero attached hydrogens (tertiary/aromatic N) is 4. The molecule has 0 fully saturated rings. The van der Waals surface area contributed by atoms with Gasteiger partial charge in [0.1, 0.15) is 0 Å². The minimum Gasteiger partial charge on any atom is -0.365 e. The summed E-state index contributed by atoms with van der Waals surface area (Å²) in [6.45, 7) is 2.88. The van der Waals surface area contributed by atoms with Crippen molar-refractivity contribution in [3.63, 3.8) is 0 Å². The van der Waals surface area contributed by atoms with E-state index in [1.807, 2.05) is 7.05 Å². The molecule has 7 heteroatoms. The van der Waals surface area contributed by atoms with Gasteiger partial charge in [0.05, 0.1) is 0 Å². The molecule has 0 aromatic carbocycles. The summed E-state index contributed by atoms with van der Waals surface area (Å²) in [7, 11) is 1.92. The van der Waals surface area contributed by atoms with Gasteiger partial charge in [-0.15, -0.1) is 0 Å². The molecule has 0 saturated carbocycles. The summed E-state index contributed by atoms with van der Waals surface area (Å²) in [4.78, 5) is 6.93. The summed E-state index contributed by atoms with van der Waals surface area (Å²) in [5.41, 5.74) is 8.02. The van der Waals surface area contributed by atoms with Crippen molar-refractivity contribution in [2.75, 3.05) is 33.2 Å². The average molecular weight is 310 g/mol. The SMILES string of the molecule is CNCCC/N=C(/I)NCCN=[N+]=[N-]. The van der Waals surface area contributed by atoms with E-state index >= 15 is 0 Å². The number of rotatable bonds is 7. The van der Waals surface area contributed by atoms with Crippen molar-refractivity contribution in [1.29, 1.82) is 0 Å². The molecular weight excluding hydrogens is 295 g/mol. The molecule has 0 aromatic heterocycles.